The lowest BCUT2D eigenvalue weighted by atomic mass is 10.1. The molecular formula is C56H78N20O13. The topological polar surface area (TPSA) is 551 Å². The zero-order valence-corrected chi connectivity index (χ0v) is 49.5. The van der Waals surface area contributed by atoms with Crippen molar-refractivity contribution in [3.8, 4) is 23.0 Å². The second-order valence-electron chi connectivity index (χ2n) is 19.5. The number of nitrogens with one attached hydrogen (secondary N) is 14. The fourth-order valence-electron chi connectivity index (χ4n) is 8.56. The number of ether oxygens (including phenoxy) is 4. The molecule has 89 heavy (non-hydrogen) atoms. The van der Waals surface area contributed by atoms with Gasteiger partial charge in [0.05, 0.1) is 56.7 Å². The highest BCUT2D eigenvalue weighted by Crippen LogP contribution is 2.28. The summed E-state index contributed by atoms with van der Waals surface area (Å²) in [5, 5.41) is 51.8. The van der Waals surface area contributed by atoms with Crippen LogP contribution in [0.3, 0.4) is 0 Å². The summed E-state index contributed by atoms with van der Waals surface area (Å²) in [7, 11) is 5.24. The van der Waals surface area contributed by atoms with E-state index in [0.717, 1.165) is 0 Å². The Morgan fingerprint density at radius 2 is 0.663 bits per heavy atom. The summed E-state index contributed by atoms with van der Waals surface area (Å²) in [6.45, 7) is 0.613. The molecule has 480 valence electrons. The number of hydrogen-bond acceptors (Lipinski definition) is 17. The maximum atomic E-state index is 14.4. The van der Waals surface area contributed by atoms with E-state index in [9.17, 15) is 43.2 Å². The first-order valence-corrected chi connectivity index (χ1v) is 27.6. The van der Waals surface area contributed by atoms with Gasteiger partial charge in [0.25, 0.3) is 23.6 Å². The molecule has 4 rings (SSSR count). The lowest BCUT2D eigenvalue weighted by Crippen LogP contribution is -2.45. The molecule has 4 aromatic carbocycles. The van der Waals surface area contributed by atoms with E-state index in [4.69, 9.17) is 69.6 Å². The van der Waals surface area contributed by atoms with E-state index < -0.39 is 77.5 Å². The molecule has 26 N–H and O–H groups in total. The van der Waals surface area contributed by atoms with Crippen LogP contribution in [-0.4, -0.2) is 150 Å². The van der Waals surface area contributed by atoms with Crippen molar-refractivity contribution in [2.75, 3.05) is 75.9 Å². The summed E-state index contributed by atoms with van der Waals surface area (Å²) in [5.74, 6) is -6.77. The third kappa shape index (κ3) is 23.0. The standard InChI is InChI=1S/C56H78N20O13/c1-86-41-17-13-29(25-33(41)45(58)77)71-50(82)38(10-6-21-66-53(59)60)74-47(79)35-27-31(15-19-43(35)88-3)73-52(84)40(12-8-23-68-55(63)64)76-48(80)36-28-32(16-20-44(36)89-4)72-51(83)39(11-7-22-67-54(61)62)75-46(78)34-26-30(14-18-42(34)87-2)70-49(81)37(57)9-5-24-69-56(65)85/h13-20,25-28,37-40H,5-12,21-24,57H2,1-4H3,(H2,58,77)(H,70,81)(H,71,82)(H,72,83)(H,73,84)(H,74,79)(H,75,78)(H,76,80)(H4,59,60,66)(H4,61,62,67)(H4,63,64,68)(H3,65,69,85)/t37-,38-,39+,40-/m1/s1. The number of carbonyl (C=O) groups excluding carboxylic acids is 9. The first kappa shape index (κ1) is 70.4. The van der Waals surface area contributed by atoms with Crippen molar-refractivity contribution >= 4 is 93.9 Å². The van der Waals surface area contributed by atoms with Crippen LogP contribution in [0.2, 0.25) is 0 Å². The Hall–Kier alpha value is -11.1. The summed E-state index contributed by atoms with van der Waals surface area (Å²) in [6.07, 6.45) is 1.13. The van der Waals surface area contributed by atoms with E-state index in [1.165, 1.54) is 101 Å². The summed E-state index contributed by atoms with van der Waals surface area (Å²) < 4.78 is 21.6. The van der Waals surface area contributed by atoms with E-state index >= 15 is 0 Å². The first-order chi connectivity index (χ1) is 42.4. The molecule has 0 aliphatic heterocycles. The molecule has 0 spiro atoms. The Morgan fingerprint density at radius 1 is 0.393 bits per heavy atom. The normalized spacial score (nSPS) is 11.9. The molecule has 0 saturated heterocycles. The van der Waals surface area contributed by atoms with E-state index in [0.29, 0.717) is 6.42 Å². The maximum absolute atomic E-state index is 14.4. The van der Waals surface area contributed by atoms with Crippen LogP contribution in [0.4, 0.5) is 27.5 Å². The number of urea groups is 1. The van der Waals surface area contributed by atoms with Crippen molar-refractivity contribution in [1.29, 1.82) is 16.2 Å². The van der Waals surface area contributed by atoms with Crippen LogP contribution < -0.4 is 112 Å². The Labute approximate surface area is 511 Å². The van der Waals surface area contributed by atoms with Crippen LogP contribution in [-0.2, 0) is 19.2 Å². The second-order valence-corrected chi connectivity index (χ2v) is 19.5. The number of primary amides is 2. The highest BCUT2D eigenvalue weighted by molar-refractivity contribution is 6.08. The zero-order valence-electron chi connectivity index (χ0n) is 49.5. The molecule has 0 aliphatic carbocycles. The minimum atomic E-state index is -1.33. The third-order valence-corrected chi connectivity index (χ3v) is 13.0. The monoisotopic (exact) mass is 1240 g/mol. The molecular weight excluding hydrogens is 1160 g/mol. The Kier molecular flexibility index (Phi) is 28.0. The van der Waals surface area contributed by atoms with Gasteiger partial charge in [-0.2, -0.15) is 0 Å². The number of hydrogen-bond donors (Lipinski definition) is 20. The van der Waals surface area contributed by atoms with Gasteiger partial charge in [-0.25, -0.2) is 4.79 Å². The van der Waals surface area contributed by atoms with Gasteiger partial charge in [-0.1, -0.05) is 0 Å². The number of carbonyl (C=O) groups is 9. The highest BCUT2D eigenvalue weighted by Gasteiger charge is 2.29. The number of nitrogens with two attached hydrogens (primary N) is 6. The minimum absolute atomic E-state index is 0.0131. The van der Waals surface area contributed by atoms with Gasteiger partial charge in [-0.3, -0.25) is 54.6 Å². The van der Waals surface area contributed by atoms with Crippen molar-refractivity contribution < 1.29 is 62.1 Å². The molecule has 33 heteroatoms. The van der Waals surface area contributed by atoms with Gasteiger partial charge in [0, 0.05) is 48.9 Å². The average Bonchev–Trinajstić information content (AvgIpc) is 2.33. The van der Waals surface area contributed by atoms with Crippen LogP contribution in [0.1, 0.15) is 92.8 Å². The van der Waals surface area contributed by atoms with Gasteiger partial charge in [-0.05, 0) is 124 Å². The smallest absolute Gasteiger partial charge is 0.312 e. The molecule has 0 aliphatic rings. The number of benzene rings is 4. The van der Waals surface area contributed by atoms with Gasteiger partial charge < -0.3 is 112 Å². The van der Waals surface area contributed by atoms with Gasteiger partial charge in [-0.15, -0.1) is 0 Å². The summed E-state index contributed by atoms with van der Waals surface area (Å²) in [6, 6.07) is 11.1. The van der Waals surface area contributed by atoms with E-state index in [-0.39, 0.29) is 157 Å². The van der Waals surface area contributed by atoms with E-state index in [1.54, 1.807) is 0 Å². The number of guanidine groups is 3. The lowest BCUT2D eigenvalue weighted by Gasteiger charge is -2.22. The predicted molar refractivity (Wildman–Crippen MR) is 331 cm³/mol. The summed E-state index contributed by atoms with van der Waals surface area (Å²) >= 11 is 0. The third-order valence-electron chi connectivity index (χ3n) is 13.0. The fourth-order valence-corrected chi connectivity index (χ4v) is 8.56. The number of rotatable bonds is 35. The van der Waals surface area contributed by atoms with Gasteiger partial charge >= 0.3 is 6.03 Å². The molecule has 10 amide bonds. The SMILES string of the molecule is COc1ccc(NC(=O)[C@@H](CCCNC(=N)N)NC(=O)c2cc(NC(=O)[C@@H](CCCNC(=N)N)NC(=O)c3cc(NC(=O)[C@H](CCCNC(=N)N)NC(=O)c4cc(NC(=O)[C@H](N)CCCNC(N)=O)ccc4OC)ccc3OC)ccc2OC)cc1C(N)=O. The number of amides is 10. The molecule has 0 unspecified atom stereocenters. The molecule has 0 aromatic heterocycles. The van der Waals surface area contributed by atoms with Gasteiger partial charge in [0.2, 0.25) is 23.6 Å². The van der Waals surface area contributed by atoms with Gasteiger partial charge in [0.15, 0.2) is 17.9 Å². The molecule has 0 radical (unpaired) electrons. The zero-order chi connectivity index (χ0) is 65.7. The molecule has 0 fully saturated rings. The van der Waals surface area contributed by atoms with E-state index in [1.807, 2.05) is 0 Å². The van der Waals surface area contributed by atoms with Crippen molar-refractivity contribution in [3.63, 3.8) is 0 Å². The first-order valence-electron chi connectivity index (χ1n) is 27.6. The van der Waals surface area contributed by atoms with Crippen LogP contribution in [0.25, 0.3) is 0 Å². The number of anilines is 4. The van der Waals surface area contributed by atoms with Crippen LogP contribution in [0.5, 0.6) is 23.0 Å². The molecule has 33 nitrogen and oxygen atoms in total. The average molecular weight is 1240 g/mol. The van der Waals surface area contributed by atoms with E-state index in [2.05, 4.69) is 58.5 Å². The second kappa shape index (κ2) is 35.4. The molecule has 4 aromatic rings. The largest absolute Gasteiger partial charge is 0.496 e. The maximum Gasteiger partial charge on any atom is 0.312 e. The minimum Gasteiger partial charge on any atom is -0.496 e. The summed E-state index contributed by atoms with van der Waals surface area (Å²) in [4.78, 5) is 121. The predicted octanol–water partition coefficient (Wildman–Crippen LogP) is -0.465. The molecule has 0 bridgehead atoms. The lowest BCUT2D eigenvalue weighted by molar-refractivity contribution is -0.118. The molecule has 0 heterocycles. The highest BCUT2D eigenvalue weighted by atomic mass is 16.5. The van der Waals surface area contributed by atoms with Crippen LogP contribution >= 0.6 is 0 Å². The van der Waals surface area contributed by atoms with Gasteiger partial charge in [0.1, 0.15) is 41.1 Å². The molecule has 4 atom stereocenters. The van der Waals surface area contributed by atoms with Crippen molar-refractivity contribution in [1.82, 2.24) is 37.2 Å². The quantitative estimate of drug-likeness (QED) is 0.0157. The Bertz CT molecular complexity index is 3240. The van der Waals surface area contributed by atoms with Crippen molar-refractivity contribution in [2.45, 2.75) is 75.5 Å². The van der Waals surface area contributed by atoms with Crippen LogP contribution in [0, 0.1) is 16.2 Å². The van der Waals surface area contributed by atoms with Crippen molar-refractivity contribution in [2.24, 2.45) is 34.4 Å². The Morgan fingerprint density at radius 3 is 0.944 bits per heavy atom. The Balaban J connectivity index is 1.59. The summed E-state index contributed by atoms with van der Waals surface area (Å²) in [5.41, 5.74) is 33.1. The fraction of sp³-hybridized carbons (Fsp3) is 0.357. The molecule has 0 saturated carbocycles. The number of methoxy groups -OCH3 is 4. The van der Waals surface area contributed by atoms with Crippen molar-refractivity contribution in [3.05, 3.63) is 95.1 Å². The van der Waals surface area contributed by atoms with Crippen LogP contribution in [0.15, 0.2) is 72.8 Å².